The molecule has 3 aliphatic rings. The first-order chi connectivity index (χ1) is 26.6. The van der Waals surface area contributed by atoms with Crippen LogP contribution >= 0.6 is 0 Å². The number of hydrogen-bond acceptors (Lipinski definition) is 10. The molecule has 7 rings (SSSR count). The number of ketones is 2. The van der Waals surface area contributed by atoms with Crippen LogP contribution in [0, 0.1) is 17.7 Å². The second-order valence-electron chi connectivity index (χ2n) is 16.6. The predicted molar refractivity (Wildman–Crippen MR) is 211 cm³/mol. The lowest BCUT2D eigenvalue weighted by molar-refractivity contribution is -0.104. The fourth-order valence-electron chi connectivity index (χ4n) is 8.14. The lowest BCUT2D eigenvalue weighted by atomic mass is 9.58. The van der Waals surface area contributed by atoms with Crippen LogP contribution in [0.1, 0.15) is 82.0 Å². The summed E-state index contributed by atoms with van der Waals surface area (Å²) in [5.41, 5.74) is -0.103. The zero-order valence-electron chi connectivity index (χ0n) is 32.7. The molecule has 1 aromatic heterocycles. The maximum Gasteiger partial charge on any atom is 0.265 e. The van der Waals surface area contributed by atoms with E-state index in [1.54, 1.807) is 0 Å². The van der Waals surface area contributed by atoms with Crippen LogP contribution in [0.15, 0.2) is 88.7 Å². The van der Waals surface area contributed by atoms with Crippen molar-refractivity contribution in [1.29, 1.82) is 0 Å². The summed E-state index contributed by atoms with van der Waals surface area (Å²) in [5.74, 6) is -3.55. The van der Waals surface area contributed by atoms with E-state index in [9.17, 15) is 9.90 Å². The largest absolute Gasteiger partial charge is 0.508 e. The van der Waals surface area contributed by atoms with E-state index < -0.39 is 60.0 Å². The normalized spacial score (nSPS) is 22.1. The van der Waals surface area contributed by atoms with Gasteiger partial charge in [0.25, 0.3) is 5.88 Å². The van der Waals surface area contributed by atoms with E-state index in [4.69, 9.17) is 18.4 Å². The van der Waals surface area contributed by atoms with E-state index in [0.717, 1.165) is 11.1 Å². The van der Waals surface area contributed by atoms with Gasteiger partial charge < -0.3 is 23.5 Å². The van der Waals surface area contributed by atoms with E-state index in [1.807, 2.05) is 114 Å². The Morgan fingerprint density at radius 3 is 2.21 bits per heavy atom. The third kappa shape index (κ3) is 6.53. The van der Waals surface area contributed by atoms with Gasteiger partial charge in [-0.05, 0) is 85.5 Å². The molecule has 0 radical (unpaired) electrons. The number of allylic oxidation sites excluding steroid dienone is 2. The molecule has 3 aromatic carbocycles. The zero-order chi connectivity index (χ0) is 40.2. The summed E-state index contributed by atoms with van der Waals surface area (Å²) in [4.78, 5) is 43.9. The molecule has 3 aliphatic carbocycles. The molecule has 4 aromatic rings. The number of carbonyl (C=O) groups excluding carboxylic acids is 3. The molecule has 0 saturated carbocycles. The molecule has 0 unspecified atom stereocenters. The first-order valence-electron chi connectivity index (χ1n) is 18.8. The second-order valence-corrected chi connectivity index (χ2v) is 21.3. The van der Waals surface area contributed by atoms with E-state index in [2.05, 4.69) is 5.16 Å². The van der Waals surface area contributed by atoms with E-state index in [0.29, 0.717) is 6.29 Å². The number of carbonyl (C=O) groups is 3. The molecule has 56 heavy (non-hydrogen) atoms. The Morgan fingerprint density at radius 2 is 1.62 bits per heavy atom. The number of benzene rings is 3. The molecule has 10 nitrogen and oxygen atoms in total. The average molecular weight is 779 g/mol. The van der Waals surface area contributed by atoms with Crippen molar-refractivity contribution in [2.24, 2.45) is 11.8 Å². The van der Waals surface area contributed by atoms with Crippen molar-refractivity contribution in [3.05, 3.63) is 129 Å². The van der Waals surface area contributed by atoms with Crippen LogP contribution in [0.4, 0.5) is 4.39 Å². The topological polar surface area (TPSA) is 128 Å². The van der Waals surface area contributed by atoms with Crippen LogP contribution in [-0.4, -0.2) is 61.0 Å². The number of Topliss-reactive ketones (excluding diaryl/α,β-unsaturated/α-hetero) is 2. The Balaban J connectivity index is 1.44. The SMILES string of the molecule is CN(C)[C@@H]1c2onc(OCc3ccccc3)c2C(=O)[C@@]2(O[Si](C)(C)C(C)(C)C)C(O)=C3C(=O)c4c(c(F)cc(/C=C/C=O)c4OCc4ccccc4)C[C@H]3C[C@@H]12. The van der Waals surface area contributed by atoms with Crippen molar-refractivity contribution in [3.8, 4) is 11.6 Å². The summed E-state index contributed by atoms with van der Waals surface area (Å²) in [7, 11) is 0.732. The van der Waals surface area contributed by atoms with E-state index in [-0.39, 0.29) is 71.3 Å². The fraction of sp³-hybridized carbons (Fsp3) is 0.364. The second kappa shape index (κ2) is 14.7. The van der Waals surface area contributed by atoms with Crippen molar-refractivity contribution in [3.63, 3.8) is 0 Å². The number of aromatic nitrogens is 1. The summed E-state index contributed by atoms with van der Waals surface area (Å²) < 4.78 is 41.9. The smallest absolute Gasteiger partial charge is 0.265 e. The molecule has 0 amide bonds. The highest BCUT2D eigenvalue weighted by atomic mass is 28.4. The number of aldehydes is 1. The third-order valence-electron chi connectivity index (χ3n) is 11.8. The average Bonchev–Trinajstić information content (AvgIpc) is 3.57. The number of ether oxygens (including phenoxy) is 2. The Labute approximate surface area is 327 Å². The van der Waals surface area contributed by atoms with Crippen LogP contribution in [0.5, 0.6) is 11.6 Å². The number of halogens is 1. The number of rotatable bonds is 11. The van der Waals surface area contributed by atoms with Gasteiger partial charge in [0.15, 0.2) is 25.5 Å². The molecule has 0 fully saturated rings. The Morgan fingerprint density at radius 1 is 1.00 bits per heavy atom. The van der Waals surface area contributed by atoms with Crippen molar-refractivity contribution in [2.45, 2.75) is 76.6 Å². The minimum absolute atomic E-state index is 0.0227. The lowest BCUT2D eigenvalue weighted by Gasteiger charge is -2.55. The van der Waals surface area contributed by atoms with E-state index >= 15 is 14.0 Å². The van der Waals surface area contributed by atoms with Gasteiger partial charge in [-0.1, -0.05) is 81.4 Å². The minimum Gasteiger partial charge on any atom is -0.508 e. The minimum atomic E-state index is -2.95. The van der Waals surface area contributed by atoms with Gasteiger partial charge in [0.1, 0.15) is 42.4 Å². The summed E-state index contributed by atoms with van der Waals surface area (Å²) in [6, 6.07) is 19.3. The van der Waals surface area contributed by atoms with E-state index in [1.165, 1.54) is 18.2 Å². The van der Waals surface area contributed by atoms with Gasteiger partial charge >= 0.3 is 0 Å². The Hall–Kier alpha value is -5.17. The van der Waals surface area contributed by atoms with Crippen molar-refractivity contribution in [2.75, 3.05) is 14.1 Å². The van der Waals surface area contributed by atoms with Crippen LogP contribution < -0.4 is 9.47 Å². The van der Waals surface area contributed by atoms with Crippen molar-refractivity contribution >= 4 is 32.2 Å². The quantitative estimate of drug-likeness (QED) is 0.0898. The first-order valence-corrected chi connectivity index (χ1v) is 21.7. The van der Waals surface area contributed by atoms with Crippen LogP contribution in [-0.2, 0) is 28.9 Å². The van der Waals surface area contributed by atoms with Crippen molar-refractivity contribution < 1.29 is 42.3 Å². The van der Waals surface area contributed by atoms with Gasteiger partial charge in [-0.3, -0.25) is 19.3 Å². The van der Waals surface area contributed by atoms with Gasteiger partial charge in [0, 0.05) is 22.6 Å². The molecule has 0 spiro atoms. The molecular weight excluding hydrogens is 732 g/mol. The van der Waals surface area contributed by atoms with Gasteiger partial charge in [-0.2, -0.15) is 0 Å². The molecule has 0 aliphatic heterocycles. The molecule has 292 valence electrons. The molecular formula is C44H47FN2O8Si. The van der Waals surface area contributed by atoms with Gasteiger partial charge in [-0.15, -0.1) is 0 Å². The molecule has 0 saturated heterocycles. The number of nitrogens with zero attached hydrogens (tertiary/aromatic N) is 2. The maximum absolute atomic E-state index is 16.2. The highest BCUT2D eigenvalue weighted by molar-refractivity contribution is 6.74. The molecule has 0 bridgehead atoms. The Bertz CT molecular complexity index is 2240. The summed E-state index contributed by atoms with van der Waals surface area (Å²) in [6.07, 6.45) is 3.37. The third-order valence-corrected chi connectivity index (χ3v) is 16.3. The number of aliphatic hydroxyl groups excluding tert-OH is 1. The first kappa shape index (κ1) is 39.1. The number of hydrogen-bond donors (Lipinski definition) is 1. The number of aliphatic hydroxyl groups is 1. The van der Waals surface area contributed by atoms with Gasteiger partial charge in [0.05, 0.1) is 11.6 Å². The predicted octanol–water partition coefficient (Wildman–Crippen LogP) is 8.63. The van der Waals surface area contributed by atoms with Gasteiger partial charge in [0.2, 0.25) is 5.78 Å². The Kier molecular flexibility index (Phi) is 10.3. The lowest BCUT2D eigenvalue weighted by Crippen LogP contribution is -2.65. The standard InChI is InChI=1S/C44H47FN2O8Si/c1-43(2,3)56(6,7)55-44-31(36(47(4)5)39-35(41(44)51)42(46-54-39)53-25-27-17-12-9-13-18-27)22-29-21-30-32(45)23-28(19-14-20-48)38(34(30)37(49)33(29)40(44)50)52-24-26-15-10-8-11-16-26/h8-20,23,29,31,36,50H,21-22,24-25H2,1-7H3/b19-14+/t29-,31-,36-,44-/m0/s1. The zero-order valence-corrected chi connectivity index (χ0v) is 33.7. The van der Waals surface area contributed by atoms with Crippen LogP contribution in [0.25, 0.3) is 6.08 Å². The number of fused-ring (bicyclic) bond motifs is 4. The summed E-state index contributed by atoms with van der Waals surface area (Å²) >= 11 is 0. The fourth-order valence-corrected chi connectivity index (χ4v) is 9.59. The highest BCUT2D eigenvalue weighted by Gasteiger charge is 2.67. The highest BCUT2D eigenvalue weighted by Crippen LogP contribution is 2.60. The molecule has 1 heterocycles. The summed E-state index contributed by atoms with van der Waals surface area (Å²) in [5, 5.41) is 16.7. The van der Waals surface area contributed by atoms with Crippen LogP contribution in [0.2, 0.25) is 18.1 Å². The molecule has 1 N–H and O–H groups in total. The monoisotopic (exact) mass is 778 g/mol. The van der Waals surface area contributed by atoms with Crippen molar-refractivity contribution in [1.82, 2.24) is 10.1 Å². The maximum atomic E-state index is 16.2. The van der Waals surface area contributed by atoms with Gasteiger partial charge in [-0.25, -0.2) is 4.39 Å². The molecule has 4 atom stereocenters. The van der Waals surface area contributed by atoms with Crippen LogP contribution in [0.3, 0.4) is 0 Å². The summed E-state index contributed by atoms with van der Waals surface area (Å²) in [6.45, 7) is 10.2. The molecule has 12 heteroatoms.